The van der Waals surface area contributed by atoms with Gasteiger partial charge in [0, 0.05) is 6.42 Å². The van der Waals surface area contributed by atoms with Gasteiger partial charge in [-0.3, -0.25) is 0 Å². The molecule has 0 aromatic carbocycles. The lowest BCUT2D eigenvalue weighted by Crippen LogP contribution is -2.37. The highest BCUT2D eigenvalue weighted by molar-refractivity contribution is 4.84. The third kappa shape index (κ3) is 19.9. The third-order valence-electron chi connectivity index (χ3n) is 8.35. The largest absolute Gasteiger partial charge is 0.256 e. The quantitative estimate of drug-likeness (QED) is 0.0737. The summed E-state index contributed by atoms with van der Waals surface area (Å²) in [7, 11) is 0. The van der Waals surface area contributed by atoms with E-state index in [1.807, 2.05) is 0 Å². The monoisotopic (exact) mass is 518 g/mol. The van der Waals surface area contributed by atoms with Crippen LogP contribution in [-0.2, 0) is 19.5 Å². The van der Waals surface area contributed by atoms with E-state index in [9.17, 15) is 0 Å². The van der Waals surface area contributed by atoms with E-state index in [1.165, 1.54) is 186 Å². The predicted octanol–water partition coefficient (Wildman–Crippen LogP) is 11.5. The second-order valence-electron chi connectivity index (χ2n) is 12.0. The number of aromatic nitrogens is 2. The maximum Gasteiger partial charge on any atom is 0.256 e. The summed E-state index contributed by atoms with van der Waals surface area (Å²) in [5, 5.41) is 0. The fourth-order valence-corrected chi connectivity index (χ4v) is 5.80. The number of imidazole rings is 1. The molecule has 0 N–H and O–H groups in total. The fraction of sp³-hybridized carbons (Fsp3) is 0.914. The predicted molar refractivity (Wildman–Crippen MR) is 165 cm³/mol. The van der Waals surface area contributed by atoms with Gasteiger partial charge >= 0.3 is 0 Å². The van der Waals surface area contributed by atoms with Gasteiger partial charge in [-0.15, -0.1) is 0 Å². The molecule has 2 nitrogen and oxygen atoms in total. The van der Waals surface area contributed by atoms with Crippen LogP contribution in [0, 0.1) is 0 Å². The molecule has 1 aromatic rings. The summed E-state index contributed by atoms with van der Waals surface area (Å²) in [4.78, 5) is 0. The minimum atomic E-state index is 1.23. The second-order valence-corrected chi connectivity index (χ2v) is 12.0. The second kappa shape index (κ2) is 26.8. The Kier molecular flexibility index (Phi) is 24.8. The van der Waals surface area contributed by atoms with E-state index < -0.39 is 0 Å². The highest BCUT2D eigenvalue weighted by Crippen LogP contribution is 2.14. The zero-order chi connectivity index (χ0) is 26.7. The van der Waals surface area contributed by atoms with Crippen molar-refractivity contribution in [3.8, 4) is 0 Å². The Morgan fingerprint density at radius 1 is 0.459 bits per heavy atom. The first-order valence-corrected chi connectivity index (χ1v) is 17.4. The molecule has 0 unspecified atom stereocenters. The lowest BCUT2D eigenvalue weighted by molar-refractivity contribution is -0.704. The van der Waals surface area contributed by atoms with Crippen LogP contribution < -0.4 is 4.57 Å². The van der Waals surface area contributed by atoms with Crippen LogP contribution in [0.1, 0.15) is 194 Å². The van der Waals surface area contributed by atoms with Crippen molar-refractivity contribution in [2.45, 2.75) is 207 Å². The molecule has 0 radical (unpaired) electrons. The first-order chi connectivity index (χ1) is 18.3. The summed E-state index contributed by atoms with van der Waals surface area (Å²) in [5.41, 5.74) is 0. The molecule has 37 heavy (non-hydrogen) atoms. The number of aryl methyl sites for hydroxylation is 2. The van der Waals surface area contributed by atoms with Gasteiger partial charge in [0.25, 0.3) is 5.82 Å². The number of hydrogen-bond donors (Lipinski definition) is 0. The first-order valence-electron chi connectivity index (χ1n) is 17.4. The Balaban J connectivity index is 2.28. The van der Waals surface area contributed by atoms with E-state index in [1.54, 1.807) is 5.82 Å². The van der Waals surface area contributed by atoms with Gasteiger partial charge in [0.2, 0.25) is 0 Å². The van der Waals surface area contributed by atoms with Crippen LogP contribution in [0.3, 0.4) is 0 Å². The van der Waals surface area contributed by atoms with E-state index in [2.05, 4.69) is 42.3 Å². The van der Waals surface area contributed by atoms with Crippen molar-refractivity contribution in [3.63, 3.8) is 0 Å². The molecule has 218 valence electrons. The Morgan fingerprint density at radius 2 is 0.838 bits per heavy atom. The van der Waals surface area contributed by atoms with Crippen molar-refractivity contribution in [2.24, 2.45) is 0 Å². The van der Waals surface area contributed by atoms with Crippen LogP contribution in [0.15, 0.2) is 12.4 Å². The molecule has 1 rings (SSSR count). The van der Waals surface area contributed by atoms with Crippen LogP contribution in [0.2, 0.25) is 0 Å². The molecule has 0 atom stereocenters. The van der Waals surface area contributed by atoms with Crippen molar-refractivity contribution in [1.82, 2.24) is 4.57 Å². The lowest BCUT2D eigenvalue weighted by Gasteiger charge is -2.07. The number of nitrogens with zero attached hydrogens (tertiary/aromatic N) is 2. The van der Waals surface area contributed by atoms with E-state index in [4.69, 9.17) is 0 Å². The molecule has 0 amide bonds. The fourth-order valence-electron chi connectivity index (χ4n) is 5.80. The molecule has 0 saturated carbocycles. The summed E-state index contributed by atoms with van der Waals surface area (Å²) >= 11 is 0. The highest BCUT2D eigenvalue weighted by Gasteiger charge is 2.16. The van der Waals surface area contributed by atoms with Gasteiger partial charge in [-0.25, -0.2) is 9.13 Å². The average Bonchev–Trinajstić information content (AvgIpc) is 3.29. The van der Waals surface area contributed by atoms with Gasteiger partial charge < -0.3 is 0 Å². The number of hydrogen-bond acceptors (Lipinski definition) is 0. The lowest BCUT2D eigenvalue weighted by atomic mass is 10.0. The highest BCUT2D eigenvalue weighted by atomic mass is 15.1. The molecule has 2 heteroatoms. The zero-order valence-corrected chi connectivity index (χ0v) is 26.1. The smallest absolute Gasteiger partial charge is 0.234 e. The maximum atomic E-state index is 2.61. The molecule has 0 spiro atoms. The van der Waals surface area contributed by atoms with Gasteiger partial charge in [0.1, 0.15) is 12.4 Å². The molecule has 0 aliphatic carbocycles. The molecule has 0 bridgehead atoms. The topological polar surface area (TPSA) is 8.81 Å². The number of rotatable bonds is 29. The zero-order valence-electron chi connectivity index (χ0n) is 26.1. The Morgan fingerprint density at radius 3 is 1.30 bits per heavy atom. The van der Waals surface area contributed by atoms with Crippen LogP contribution in [0.4, 0.5) is 0 Å². The molecule has 1 aromatic heterocycles. The minimum Gasteiger partial charge on any atom is -0.234 e. The van der Waals surface area contributed by atoms with Crippen molar-refractivity contribution in [3.05, 3.63) is 18.2 Å². The van der Waals surface area contributed by atoms with Crippen LogP contribution in [0.25, 0.3) is 0 Å². The van der Waals surface area contributed by atoms with Gasteiger partial charge in [-0.1, -0.05) is 156 Å². The molecule has 1 heterocycles. The maximum absolute atomic E-state index is 2.61. The van der Waals surface area contributed by atoms with Gasteiger partial charge in [0.05, 0.1) is 13.1 Å². The van der Waals surface area contributed by atoms with E-state index in [0.717, 1.165) is 0 Å². The van der Waals surface area contributed by atoms with Gasteiger partial charge in [0.15, 0.2) is 0 Å². The van der Waals surface area contributed by atoms with Crippen molar-refractivity contribution in [2.75, 3.05) is 0 Å². The molecule has 0 saturated heterocycles. The van der Waals surface area contributed by atoms with E-state index in [0.29, 0.717) is 0 Å². The van der Waals surface area contributed by atoms with Crippen LogP contribution in [0.5, 0.6) is 0 Å². The summed E-state index contributed by atoms with van der Waals surface area (Å²) in [5.74, 6) is 1.61. The van der Waals surface area contributed by atoms with Crippen LogP contribution >= 0.6 is 0 Å². The normalized spacial score (nSPS) is 11.5. The summed E-state index contributed by atoms with van der Waals surface area (Å²) < 4.78 is 5.23. The Bertz CT molecular complexity index is 576. The minimum absolute atomic E-state index is 1.23. The first kappa shape index (κ1) is 34.2. The molecule has 0 aliphatic rings. The standard InChI is InChI=1S/C35H69N2/c1-4-7-10-13-16-17-18-19-20-21-22-24-27-30-35-36(31-28-25-15-12-9-6-3)33-34-37(35)32-29-26-23-14-11-8-5-2/h33-34H,4-32H2,1-3H3/q+1. The molecular formula is C35H69N2+. The molecule has 0 fully saturated rings. The van der Waals surface area contributed by atoms with Crippen molar-refractivity contribution >= 4 is 0 Å². The summed E-state index contributed by atoms with van der Waals surface area (Å²) in [6, 6.07) is 0. The van der Waals surface area contributed by atoms with Crippen molar-refractivity contribution in [1.29, 1.82) is 0 Å². The van der Waals surface area contributed by atoms with E-state index in [-0.39, 0.29) is 0 Å². The van der Waals surface area contributed by atoms with Crippen LogP contribution in [-0.4, -0.2) is 4.57 Å². The average molecular weight is 518 g/mol. The Labute approximate surface area is 234 Å². The molecule has 0 aliphatic heterocycles. The van der Waals surface area contributed by atoms with Gasteiger partial charge in [-0.2, -0.15) is 0 Å². The summed E-state index contributed by atoms with van der Waals surface area (Å²) in [6.07, 6.45) is 42.9. The SMILES string of the molecule is CCCCCCCCCCCCCCCc1n(CCCCCCCC)cc[n+]1CCCCCCCCC. The van der Waals surface area contributed by atoms with Crippen molar-refractivity contribution < 1.29 is 4.57 Å². The number of unbranched alkanes of at least 4 members (excludes halogenated alkanes) is 23. The third-order valence-corrected chi connectivity index (χ3v) is 8.35. The Hall–Kier alpha value is -0.790. The molecular weight excluding hydrogens is 448 g/mol. The summed E-state index contributed by atoms with van der Waals surface area (Å²) in [6.45, 7) is 9.38. The van der Waals surface area contributed by atoms with Gasteiger partial charge in [-0.05, 0) is 32.1 Å². The van der Waals surface area contributed by atoms with E-state index >= 15 is 0 Å².